The van der Waals surface area contributed by atoms with Crippen molar-refractivity contribution in [3.63, 3.8) is 0 Å². The number of likely N-dealkylation sites (tertiary alicyclic amines) is 1. The number of hydrogen-bond donors (Lipinski definition) is 3. The lowest BCUT2D eigenvalue weighted by Gasteiger charge is -2.32. The van der Waals surface area contributed by atoms with Crippen LogP contribution in [0.4, 0.5) is 9.18 Å². The molecule has 1 aliphatic rings. The molecular formula is C25H27ClFIN6O3. The van der Waals surface area contributed by atoms with E-state index in [1.54, 1.807) is 41.4 Å². The first kappa shape index (κ1) is 27.0. The topological polar surface area (TPSA) is 118 Å². The number of fused-ring (bicyclic) bond motifs is 1. The van der Waals surface area contributed by atoms with E-state index in [1.807, 2.05) is 22.6 Å². The number of aliphatic imine (C=N–C) groups is 1. The molecule has 3 heterocycles. The monoisotopic (exact) mass is 640 g/mol. The second-order valence-electron chi connectivity index (χ2n) is 8.49. The van der Waals surface area contributed by atoms with E-state index in [4.69, 9.17) is 26.8 Å². The van der Waals surface area contributed by atoms with Gasteiger partial charge in [-0.15, -0.1) is 0 Å². The minimum Gasteiger partial charge on any atom is -0.493 e. The fourth-order valence-electron chi connectivity index (χ4n) is 4.13. The molecule has 1 aliphatic heterocycles. The van der Waals surface area contributed by atoms with Crippen LogP contribution in [0.2, 0.25) is 5.02 Å². The lowest BCUT2D eigenvalue weighted by molar-refractivity contribution is 0.125. The number of para-hydroxylation sites is 2. The number of alkyl halides is 1. The summed E-state index contributed by atoms with van der Waals surface area (Å²) in [6.07, 6.45) is 4.42. The van der Waals surface area contributed by atoms with Crippen molar-refractivity contribution in [2.45, 2.75) is 12.8 Å². The zero-order chi connectivity index (χ0) is 26.4. The van der Waals surface area contributed by atoms with Gasteiger partial charge in [0.15, 0.2) is 23.1 Å². The molecule has 1 amide bonds. The summed E-state index contributed by atoms with van der Waals surface area (Å²) in [4.78, 5) is 26.0. The first-order chi connectivity index (χ1) is 17.9. The number of aromatic nitrogens is 2. The average Bonchev–Trinajstić information content (AvgIpc) is 3.34. The van der Waals surface area contributed by atoms with E-state index in [1.165, 1.54) is 13.3 Å². The van der Waals surface area contributed by atoms with Crippen LogP contribution in [0.5, 0.6) is 11.5 Å². The van der Waals surface area contributed by atoms with Crippen molar-refractivity contribution in [1.82, 2.24) is 20.2 Å². The quantitative estimate of drug-likeness (QED) is 0.138. The highest BCUT2D eigenvalue weighted by molar-refractivity contribution is 14.1. The van der Waals surface area contributed by atoms with Gasteiger partial charge < -0.3 is 30.4 Å². The van der Waals surface area contributed by atoms with Crippen molar-refractivity contribution in [3.8, 4) is 11.5 Å². The van der Waals surface area contributed by atoms with Crippen molar-refractivity contribution < 1.29 is 18.7 Å². The average molecular weight is 641 g/mol. The fourth-order valence-corrected chi connectivity index (χ4v) is 4.65. The van der Waals surface area contributed by atoms with Crippen LogP contribution in [0.3, 0.4) is 0 Å². The third-order valence-corrected chi connectivity index (χ3v) is 6.86. The normalized spacial score (nSPS) is 16.9. The Balaban J connectivity index is 1.43. The van der Waals surface area contributed by atoms with Gasteiger partial charge in [-0.25, -0.2) is 19.2 Å². The standard InChI is InChI=1S/C25H27ClFIN6O3/c1-36-20-6-2-3-7-21(20)37-25(35)34-8-4-5-15(14-34)11-30-24(19(27)10-28)33-22(29)18-13-32-23-17(18)9-16(26)12-31-23/h2-3,6-7,9,12-13,15,30H,4-5,8,10-11,14H2,1H3,(H2,29,33)(H,31,32)/b24-19+. The number of methoxy groups -OCH3 is 1. The third-order valence-electron chi connectivity index (χ3n) is 5.98. The van der Waals surface area contributed by atoms with E-state index < -0.39 is 11.9 Å². The highest BCUT2D eigenvalue weighted by atomic mass is 127. The highest BCUT2D eigenvalue weighted by Gasteiger charge is 2.26. The number of rotatable bonds is 8. The van der Waals surface area contributed by atoms with E-state index in [0.717, 1.165) is 12.8 Å². The van der Waals surface area contributed by atoms with E-state index >= 15 is 0 Å². The summed E-state index contributed by atoms with van der Waals surface area (Å²) in [5, 5.41) is 4.25. The molecule has 4 N–H and O–H groups in total. The molecule has 1 atom stereocenters. The SMILES string of the molecule is COc1ccccc1OC(=O)N1CCCC(CNC(/N=C(\N)c2c[nH]c3ncc(Cl)cc23)=C(\F)CI)C1. The molecule has 12 heteroatoms. The van der Waals surface area contributed by atoms with Gasteiger partial charge in [-0.2, -0.15) is 0 Å². The third kappa shape index (κ3) is 6.63. The van der Waals surface area contributed by atoms with Crippen LogP contribution in [-0.4, -0.2) is 58.0 Å². The summed E-state index contributed by atoms with van der Waals surface area (Å²) in [6.45, 7) is 1.46. The maximum atomic E-state index is 14.8. The highest BCUT2D eigenvalue weighted by Crippen LogP contribution is 2.27. The molecule has 0 saturated carbocycles. The number of benzene rings is 1. The van der Waals surface area contributed by atoms with Crippen molar-refractivity contribution in [2.75, 3.05) is 31.2 Å². The number of nitrogens with one attached hydrogen (secondary N) is 2. The van der Waals surface area contributed by atoms with Gasteiger partial charge in [-0.1, -0.05) is 46.3 Å². The lowest BCUT2D eigenvalue weighted by Crippen LogP contribution is -2.44. The minimum absolute atomic E-state index is 0.0601. The summed E-state index contributed by atoms with van der Waals surface area (Å²) in [5.41, 5.74) is 7.43. The molecule has 0 aliphatic carbocycles. The molecular weight excluding hydrogens is 614 g/mol. The Morgan fingerprint density at radius 3 is 2.95 bits per heavy atom. The molecule has 196 valence electrons. The van der Waals surface area contributed by atoms with E-state index in [0.29, 0.717) is 52.8 Å². The number of nitrogens with two attached hydrogens (primary N) is 1. The zero-order valence-electron chi connectivity index (χ0n) is 20.1. The molecule has 1 saturated heterocycles. The summed E-state index contributed by atoms with van der Waals surface area (Å²) in [6, 6.07) is 8.72. The molecule has 1 unspecified atom stereocenters. The number of H-pyrrole nitrogens is 1. The largest absolute Gasteiger partial charge is 0.493 e. The van der Waals surface area contributed by atoms with Crippen LogP contribution < -0.4 is 20.5 Å². The summed E-state index contributed by atoms with van der Waals surface area (Å²) in [7, 11) is 1.52. The summed E-state index contributed by atoms with van der Waals surface area (Å²) >= 11 is 8.01. The van der Waals surface area contributed by atoms with Gasteiger partial charge in [0.05, 0.1) is 16.6 Å². The number of allylic oxidation sites excluding steroid dienone is 1. The van der Waals surface area contributed by atoms with E-state index in [-0.39, 0.29) is 22.0 Å². The Morgan fingerprint density at radius 1 is 1.41 bits per heavy atom. The Hall–Kier alpha value is -3.06. The van der Waals surface area contributed by atoms with Crippen LogP contribution in [0.1, 0.15) is 18.4 Å². The molecule has 0 radical (unpaired) electrons. The lowest BCUT2D eigenvalue weighted by atomic mass is 9.98. The Labute approximate surface area is 232 Å². The fraction of sp³-hybridized carbons (Fsp3) is 0.320. The molecule has 1 fully saturated rings. The van der Waals surface area contributed by atoms with Crippen molar-refractivity contribution in [1.29, 1.82) is 0 Å². The van der Waals surface area contributed by atoms with Gasteiger partial charge >= 0.3 is 6.09 Å². The van der Waals surface area contributed by atoms with Gasteiger partial charge in [-0.05, 0) is 37.0 Å². The molecule has 37 heavy (non-hydrogen) atoms. The maximum Gasteiger partial charge on any atom is 0.415 e. The number of amidine groups is 1. The first-order valence-electron chi connectivity index (χ1n) is 11.6. The number of carbonyl (C=O) groups is 1. The smallest absolute Gasteiger partial charge is 0.415 e. The number of piperidine rings is 1. The first-order valence-corrected chi connectivity index (χ1v) is 13.5. The van der Waals surface area contributed by atoms with Gasteiger partial charge in [0, 0.05) is 43.0 Å². The second-order valence-corrected chi connectivity index (χ2v) is 9.69. The number of pyridine rings is 1. The Kier molecular flexibility index (Phi) is 9.09. The van der Waals surface area contributed by atoms with Crippen LogP contribution in [0, 0.1) is 5.92 Å². The number of hydrogen-bond acceptors (Lipinski definition) is 6. The molecule has 0 spiro atoms. The number of nitrogens with zero attached hydrogens (tertiary/aromatic N) is 3. The molecule has 0 bridgehead atoms. The number of carbonyl (C=O) groups excluding carboxylic acids is 1. The van der Waals surface area contributed by atoms with E-state index in [2.05, 4.69) is 20.3 Å². The number of ether oxygens (including phenoxy) is 2. The van der Waals surface area contributed by atoms with Crippen molar-refractivity contribution in [3.05, 3.63) is 65.0 Å². The summed E-state index contributed by atoms with van der Waals surface area (Å²) in [5.74, 6) is 0.682. The van der Waals surface area contributed by atoms with Crippen molar-refractivity contribution in [2.24, 2.45) is 16.6 Å². The number of aromatic amines is 1. The Bertz CT molecular complexity index is 1330. The van der Waals surface area contributed by atoms with Crippen molar-refractivity contribution >= 4 is 57.2 Å². The molecule has 1 aromatic carbocycles. The van der Waals surface area contributed by atoms with Gasteiger partial charge in [0.1, 0.15) is 11.5 Å². The minimum atomic E-state index is -0.447. The molecule has 9 nitrogen and oxygen atoms in total. The van der Waals surface area contributed by atoms with Crippen LogP contribution >= 0.6 is 34.2 Å². The molecule has 2 aromatic heterocycles. The zero-order valence-corrected chi connectivity index (χ0v) is 23.1. The predicted octanol–water partition coefficient (Wildman–Crippen LogP) is 5.00. The van der Waals surface area contributed by atoms with Gasteiger partial charge in [0.25, 0.3) is 0 Å². The predicted molar refractivity (Wildman–Crippen MR) is 150 cm³/mol. The summed E-state index contributed by atoms with van der Waals surface area (Å²) < 4.78 is 25.7. The molecule has 3 aromatic rings. The van der Waals surface area contributed by atoms with Crippen LogP contribution in [0.15, 0.2) is 59.4 Å². The number of halogens is 3. The number of amides is 1. The van der Waals surface area contributed by atoms with Gasteiger partial charge in [-0.3, -0.25) is 0 Å². The van der Waals surface area contributed by atoms with Crippen LogP contribution in [-0.2, 0) is 0 Å². The van der Waals surface area contributed by atoms with Crippen LogP contribution in [0.25, 0.3) is 11.0 Å². The molecule has 4 rings (SSSR count). The maximum absolute atomic E-state index is 14.8. The Morgan fingerprint density at radius 2 is 2.19 bits per heavy atom. The van der Waals surface area contributed by atoms with Gasteiger partial charge in [0.2, 0.25) is 0 Å². The van der Waals surface area contributed by atoms with E-state index in [9.17, 15) is 9.18 Å². The second kappa shape index (κ2) is 12.5.